The van der Waals surface area contributed by atoms with Crippen molar-refractivity contribution in [2.45, 2.75) is 25.5 Å². The molecule has 1 aliphatic heterocycles. The predicted molar refractivity (Wildman–Crippen MR) is 121 cm³/mol. The minimum atomic E-state index is -0.104. The van der Waals surface area contributed by atoms with Crippen molar-refractivity contribution in [2.75, 3.05) is 19.6 Å². The molecule has 0 saturated carbocycles. The lowest BCUT2D eigenvalue weighted by Crippen LogP contribution is -2.36. The number of nitrogens with zero attached hydrogens (tertiary/aromatic N) is 3. The molecule has 164 valence electrons. The third kappa shape index (κ3) is 4.53. The second-order valence-corrected chi connectivity index (χ2v) is 8.00. The van der Waals surface area contributed by atoms with Crippen LogP contribution in [0.15, 0.2) is 77.7 Å². The number of aromatic nitrogens is 2. The van der Waals surface area contributed by atoms with E-state index >= 15 is 0 Å². The van der Waals surface area contributed by atoms with E-state index < -0.39 is 0 Å². The zero-order valence-electron chi connectivity index (χ0n) is 17.8. The summed E-state index contributed by atoms with van der Waals surface area (Å²) in [7, 11) is 0. The molecule has 0 bridgehead atoms. The van der Waals surface area contributed by atoms with Crippen molar-refractivity contribution in [3.05, 3.63) is 90.3 Å². The Kier molecular flexibility index (Phi) is 5.89. The molecule has 1 fully saturated rings. The highest BCUT2D eigenvalue weighted by molar-refractivity contribution is 5.94. The molecule has 5 rings (SSSR count). The second kappa shape index (κ2) is 9.28. The summed E-state index contributed by atoms with van der Waals surface area (Å²) in [6, 6.07) is 17.0. The van der Waals surface area contributed by atoms with E-state index in [1.807, 2.05) is 59.3 Å². The number of benzene rings is 1. The van der Waals surface area contributed by atoms with Gasteiger partial charge >= 0.3 is 0 Å². The number of likely N-dealkylation sites (tertiary alicyclic amines) is 1. The standard InChI is InChI=1S/C25H26N4O3/c30-25(26-16-22(23-6-5-15-31-23)28-12-3-4-13-28)19-8-10-21(11-9-19)32-18-20-17-29-14-2-1-7-24(29)27-20/h1-2,5-11,14-15,17,22H,3-4,12-13,16,18H2,(H,26,30)/t22-/m1/s1. The van der Waals surface area contributed by atoms with Crippen LogP contribution in [0.4, 0.5) is 0 Å². The molecule has 7 nitrogen and oxygen atoms in total. The van der Waals surface area contributed by atoms with Crippen LogP contribution in [0.3, 0.4) is 0 Å². The Morgan fingerprint density at radius 3 is 2.69 bits per heavy atom. The van der Waals surface area contributed by atoms with Gasteiger partial charge in [-0.15, -0.1) is 0 Å². The summed E-state index contributed by atoms with van der Waals surface area (Å²) in [5.41, 5.74) is 2.34. The van der Waals surface area contributed by atoms with Crippen LogP contribution >= 0.6 is 0 Å². The van der Waals surface area contributed by atoms with Gasteiger partial charge in [-0.3, -0.25) is 9.69 Å². The van der Waals surface area contributed by atoms with Gasteiger partial charge in [0.05, 0.1) is 18.0 Å². The van der Waals surface area contributed by atoms with Gasteiger partial charge in [0, 0.05) is 24.5 Å². The molecule has 0 aliphatic carbocycles. The average molecular weight is 431 g/mol. The fourth-order valence-corrected chi connectivity index (χ4v) is 4.15. The highest BCUT2D eigenvalue weighted by Gasteiger charge is 2.26. The number of ether oxygens (including phenoxy) is 1. The van der Waals surface area contributed by atoms with Gasteiger partial charge in [-0.1, -0.05) is 6.07 Å². The van der Waals surface area contributed by atoms with Gasteiger partial charge in [-0.25, -0.2) is 4.98 Å². The third-order valence-corrected chi connectivity index (χ3v) is 5.83. The summed E-state index contributed by atoms with van der Waals surface area (Å²) in [6.07, 6.45) is 7.96. The van der Waals surface area contributed by atoms with Crippen LogP contribution < -0.4 is 10.1 Å². The van der Waals surface area contributed by atoms with Crippen molar-refractivity contribution in [3.63, 3.8) is 0 Å². The van der Waals surface area contributed by atoms with Crippen LogP contribution in [-0.4, -0.2) is 39.8 Å². The molecule has 4 aromatic rings. The summed E-state index contributed by atoms with van der Waals surface area (Å²) in [6.45, 7) is 2.94. The molecular formula is C25H26N4O3. The number of furan rings is 1. The van der Waals surface area contributed by atoms with Gasteiger partial charge in [-0.2, -0.15) is 0 Å². The van der Waals surface area contributed by atoms with E-state index in [9.17, 15) is 4.79 Å². The van der Waals surface area contributed by atoms with Gasteiger partial charge in [-0.05, 0) is 74.5 Å². The Hall–Kier alpha value is -3.58. The first kappa shape index (κ1) is 20.3. The van der Waals surface area contributed by atoms with Crippen molar-refractivity contribution in [1.29, 1.82) is 0 Å². The predicted octanol–water partition coefficient (Wildman–Crippen LogP) is 4.07. The van der Waals surface area contributed by atoms with Gasteiger partial charge in [0.25, 0.3) is 5.91 Å². The number of amides is 1. The first-order chi connectivity index (χ1) is 15.8. The van der Waals surface area contributed by atoms with E-state index in [0.29, 0.717) is 24.5 Å². The van der Waals surface area contributed by atoms with E-state index in [-0.39, 0.29) is 11.9 Å². The molecule has 0 unspecified atom stereocenters. The first-order valence-corrected chi connectivity index (χ1v) is 11.0. The molecule has 1 amide bonds. The largest absolute Gasteiger partial charge is 0.487 e. The second-order valence-electron chi connectivity index (χ2n) is 8.00. The normalized spacial score (nSPS) is 15.1. The molecule has 4 heterocycles. The molecule has 1 saturated heterocycles. The van der Waals surface area contributed by atoms with E-state index in [0.717, 1.165) is 30.2 Å². The summed E-state index contributed by atoms with van der Waals surface area (Å²) < 4.78 is 13.4. The number of hydrogen-bond acceptors (Lipinski definition) is 5. The Morgan fingerprint density at radius 1 is 1.09 bits per heavy atom. The Morgan fingerprint density at radius 2 is 1.94 bits per heavy atom. The Balaban J connectivity index is 1.17. The van der Waals surface area contributed by atoms with Crippen LogP contribution in [0.5, 0.6) is 5.75 Å². The lowest BCUT2D eigenvalue weighted by molar-refractivity contribution is 0.0933. The zero-order chi connectivity index (χ0) is 21.8. The zero-order valence-corrected chi connectivity index (χ0v) is 17.8. The maximum absolute atomic E-state index is 12.7. The van der Waals surface area contributed by atoms with E-state index in [4.69, 9.17) is 9.15 Å². The van der Waals surface area contributed by atoms with Gasteiger partial charge in [0.1, 0.15) is 23.8 Å². The van der Waals surface area contributed by atoms with Crippen LogP contribution in [-0.2, 0) is 6.61 Å². The van der Waals surface area contributed by atoms with E-state index in [1.54, 1.807) is 18.4 Å². The van der Waals surface area contributed by atoms with Crippen LogP contribution in [0, 0.1) is 0 Å². The molecule has 1 aromatic carbocycles. The highest BCUT2D eigenvalue weighted by Crippen LogP contribution is 2.25. The van der Waals surface area contributed by atoms with Crippen molar-refractivity contribution in [2.24, 2.45) is 0 Å². The minimum absolute atomic E-state index is 0.0597. The number of hydrogen-bond donors (Lipinski definition) is 1. The first-order valence-electron chi connectivity index (χ1n) is 11.0. The molecular weight excluding hydrogens is 404 g/mol. The molecule has 3 aromatic heterocycles. The fraction of sp³-hybridized carbons (Fsp3) is 0.280. The van der Waals surface area contributed by atoms with Gasteiger partial charge in [0.2, 0.25) is 0 Å². The van der Waals surface area contributed by atoms with Crippen LogP contribution in [0.25, 0.3) is 5.65 Å². The average Bonchev–Trinajstić information content (AvgIpc) is 3.60. The number of carbonyl (C=O) groups is 1. The summed E-state index contributed by atoms with van der Waals surface area (Å²) in [5, 5.41) is 3.06. The van der Waals surface area contributed by atoms with Gasteiger partial charge in [0.15, 0.2) is 0 Å². The topological polar surface area (TPSA) is 72.0 Å². The molecule has 0 radical (unpaired) electrons. The number of fused-ring (bicyclic) bond motifs is 1. The molecule has 7 heteroatoms. The third-order valence-electron chi connectivity index (χ3n) is 5.83. The van der Waals surface area contributed by atoms with Crippen LogP contribution in [0.1, 0.15) is 40.7 Å². The Labute approximate surface area is 186 Å². The molecule has 1 aliphatic rings. The van der Waals surface area contributed by atoms with Gasteiger partial charge < -0.3 is 18.9 Å². The summed E-state index contributed by atoms with van der Waals surface area (Å²) >= 11 is 0. The van der Waals surface area contributed by atoms with E-state index in [2.05, 4.69) is 15.2 Å². The molecule has 32 heavy (non-hydrogen) atoms. The van der Waals surface area contributed by atoms with E-state index in [1.165, 1.54) is 12.8 Å². The minimum Gasteiger partial charge on any atom is -0.487 e. The number of nitrogens with one attached hydrogen (secondary N) is 1. The monoisotopic (exact) mass is 430 g/mol. The SMILES string of the molecule is O=C(NC[C@H](c1ccco1)N1CCCC1)c1ccc(OCc2cn3ccccc3n2)cc1. The highest BCUT2D eigenvalue weighted by atomic mass is 16.5. The summed E-state index contributed by atoms with van der Waals surface area (Å²) in [4.78, 5) is 19.6. The van der Waals surface area contributed by atoms with Crippen molar-refractivity contribution in [1.82, 2.24) is 19.6 Å². The lowest BCUT2D eigenvalue weighted by Gasteiger charge is -2.26. The molecule has 1 atom stereocenters. The summed E-state index contributed by atoms with van der Waals surface area (Å²) in [5.74, 6) is 1.49. The van der Waals surface area contributed by atoms with Crippen molar-refractivity contribution in [3.8, 4) is 5.75 Å². The molecule has 1 N–H and O–H groups in total. The Bertz CT molecular complexity index is 1130. The number of carbonyl (C=O) groups excluding carboxylic acids is 1. The van der Waals surface area contributed by atoms with Crippen molar-refractivity contribution < 1.29 is 13.9 Å². The lowest BCUT2D eigenvalue weighted by atomic mass is 10.1. The quantitative estimate of drug-likeness (QED) is 0.456. The number of pyridine rings is 1. The van der Waals surface area contributed by atoms with Crippen LogP contribution in [0.2, 0.25) is 0 Å². The number of imidazole rings is 1. The maximum Gasteiger partial charge on any atom is 0.251 e. The molecule has 0 spiro atoms. The maximum atomic E-state index is 12.7. The smallest absolute Gasteiger partial charge is 0.251 e. The fourth-order valence-electron chi connectivity index (χ4n) is 4.15. The van der Waals surface area contributed by atoms with Crippen molar-refractivity contribution >= 4 is 11.6 Å². The number of rotatable bonds is 8.